The molecule has 0 fully saturated rings. The van der Waals surface area contributed by atoms with E-state index in [0.717, 1.165) is 9.13 Å². The molecule has 25 heavy (non-hydrogen) atoms. The molecule has 1 amide bonds. The SMILES string of the molecule is CC(=O)OCn1cc(Br)c(=O)n(CCN(C)C(=O)OC(C)(C)C)c1=O. The van der Waals surface area contributed by atoms with Gasteiger partial charge in [0, 0.05) is 33.3 Å². The number of amides is 1. The van der Waals surface area contributed by atoms with E-state index >= 15 is 0 Å². The van der Waals surface area contributed by atoms with Crippen LogP contribution in [0.2, 0.25) is 0 Å². The van der Waals surface area contributed by atoms with E-state index in [1.54, 1.807) is 20.8 Å². The summed E-state index contributed by atoms with van der Waals surface area (Å²) < 4.78 is 12.2. The first-order valence-corrected chi connectivity index (χ1v) is 8.29. The zero-order valence-electron chi connectivity index (χ0n) is 14.9. The molecule has 0 spiro atoms. The van der Waals surface area contributed by atoms with Crippen LogP contribution in [0.5, 0.6) is 0 Å². The van der Waals surface area contributed by atoms with Gasteiger partial charge in [0.25, 0.3) is 5.56 Å². The lowest BCUT2D eigenvalue weighted by Gasteiger charge is -2.24. The molecule has 0 aliphatic heterocycles. The molecule has 1 rings (SSSR count). The van der Waals surface area contributed by atoms with Crippen molar-refractivity contribution < 1.29 is 19.1 Å². The third kappa shape index (κ3) is 6.37. The van der Waals surface area contributed by atoms with Crippen molar-refractivity contribution in [3.8, 4) is 0 Å². The maximum absolute atomic E-state index is 12.3. The molecule has 1 aromatic heterocycles. The number of nitrogens with zero attached hydrogens (tertiary/aromatic N) is 3. The smallest absolute Gasteiger partial charge is 0.410 e. The molecule has 0 radical (unpaired) electrons. The average molecular weight is 420 g/mol. The van der Waals surface area contributed by atoms with Crippen LogP contribution in [-0.2, 0) is 27.5 Å². The number of aromatic nitrogens is 2. The van der Waals surface area contributed by atoms with E-state index in [4.69, 9.17) is 9.47 Å². The molecule has 0 saturated carbocycles. The predicted octanol–water partition coefficient (Wildman–Crippen LogP) is 1.16. The topological polar surface area (TPSA) is 99.8 Å². The number of ether oxygens (including phenoxy) is 2. The van der Waals surface area contributed by atoms with E-state index in [1.807, 2.05) is 0 Å². The molecule has 0 bridgehead atoms. The fraction of sp³-hybridized carbons (Fsp3) is 0.600. The second-order valence-electron chi connectivity index (χ2n) is 6.35. The van der Waals surface area contributed by atoms with E-state index in [2.05, 4.69) is 15.9 Å². The fourth-order valence-corrected chi connectivity index (χ4v) is 2.21. The maximum atomic E-state index is 12.3. The number of carbonyl (C=O) groups excluding carboxylic acids is 2. The van der Waals surface area contributed by atoms with Crippen molar-refractivity contribution in [1.82, 2.24) is 14.0 Å². The molecular formula is C15H22BrN3O6. The molecule has 1 heterocycles. The van der Waals surface area contributed by atoms with Crippen LogP contribution < -0.4 is 11.2 Å². The van der Waals surface area contributed by atoms with Crippen molar-refractivity contribution in [2.24, 2.45) is 0 Å². The summed E-state index contributed by atoms with van der Waals surface area (Å²) in [6, 6.07) is 0. The van der Waals surface area contributed by atoms with Crippen molar-refractivity contribution >= 4 is 28.0 Å². The highest BCUT2D eigenvalue weighted by Gasteiger charge is 2.20. The van der Waals surface area contributed by atoms with Gasteiger partial charge in [-0.1, -0.05) is 0 Å². The van der Waals surface area contributed by atoms with Gasteiger partial charge in [-0.05, 0) is 36.7 Å². The monoisotopic (exact) mass is 419 g/mol. The van der Waals surface area contributed by atoms with Gasteiger partial charge in [0.05, 0.1) is 4.47 Å². The third-order valence-electron chi connectivity index (χ3n) is 2.97. The van der Waals surface area contributed by atoms with Crippen LogP contribution in [0.25, 0.3) is 0 Å². The van der Waals surface area contributed by atoms with Crippen LogP contribution >= 0.6 is 15.9 Å². The molecule has 140 valence electrons. The van der Waals surface area contributed by atoms with Gasteiger partial charge in [0.15, 0.2) is 6.73 Å². The third-order valence-corrected chi connectivity index (χ3v) is 3.51. The van der Waals surface area contributed by atoms with Crippen LogP contribution in [0.15, 0.2) is 20.3 Å². The first-order valence-electron chi connectivity index (χ1n) is 7.49. The molecular weight excluding hydrogens is 398 g/mol. The highest BCUT2D eigenvalue weighted by Crippen LogP contribution is 2.09. The Balaban J connectivity index is 2.94. The summed E-state index contributed by atoms with van der Waals surface area (Å²) in [5.41, 5.74) is -1.83. The Morgan fingerprint density at radius 1 is 1.28 bits per heavy atom. The summed E-state index contributed by atoms with van der Waals surface area (Å²) in [5, 5.41) is 0. The number of carbonyl (C=O) groups is 2. The number of esters is 1. The summed E-state index contributed by atoms with van der Waals surface area (Å²) in [7, 11) is 1.51. The van der Waals surface area contributed by atoms with Crippen molar-refractivity contribution in [3.63, 3.8) is 0 Å². The van der Waals surface area contributed by atoms with Gasteiger partial charge in [-0.2, -0.15) is 0 Å². The predicted molar refractivity (Wildman–Crippen MR) is 93.3 cm³/mol. The van der Waals surface area contributed by atoms with Crippen LogP contribution in [0.1, 0.15) is 27.7 Å². The minimum absolute atomic E-state index is 0.0348. The second kappa shape index (κ2) is 8.32. The van der Waals surface area contributed by atoms with Gasteiger partial charge in [0.1, 0.15) is 5.60 Å². The Labute approximate surface area is 153 Å². The van der Waals surface area contributed by atoms with Gasteiger partial charge < -0.3 is 14.4 Å². The summed E-state index contributed by atoms with van der Waals surface area (Å²) >= 11 is 3.08. The number of hydrogen-bond acceptors (Lipinski definition) is 6. The average Bonchev–Trinajstić information content (AvgIpc) is 2.47. The summed E-state index contributed by atoms with van der Waals surface area (Å²) in [5.74, 6) is -0.551. The lowest BCUT2D eigenvalue weighted by atomic mass is 10.2. The second-order valence-corrected chi connectivity index (χ2v) is 7.21. The van der Waals surface area contributed by atoms with E-state index in [-0.39, 0.29) is 24.3 Å². The Morgan fingerprint density at radius 3 is 2.40 bits per heavy atom. The van der Waals surface area contributed by atoms with Crippen LogP contribution in [0.3, 0.4) is 0 Å². The molecule has 0 aliphatic carbocycles. The van der Waals surface area contributed by atoms with Crippen LogP contribution in [-0.4, -0.2) is 45.3 Å². The minimum atomic E-state index is -0.646. The number of rotatable bonds is 5. The Kier molecular flexibility index (Phi) is 6.97. The lowest BCUT2D eigenvalue weighted by Crippen LogP contribution is -2.44. The summed E-state index contributed by atoms with van der Waals surface area (Å²) in [4.78, 5) is 48.6. The van der Waals surface area contributed by atoms with Crippen LogP contribution in [0, 0.1) is 0 Å². The summed E-state index contributed by atoms with van der Waals surface area (Å²) in [6.07, 6.45) is 0.692. The molecule has 0 unspecified atom stereocenters. The highest BCUT2D eigenvalue weighted by molar-refractivity contribution is 9.10. The zero-order valence-corrected chi connectivity index (χ0v) is 16.5. The molecule has 10 heteroatoms. The van der Waals surface area contributed by atoms with E-state index in [1.165, 1.54) is 25.1 Å². The molecule has 0 saturated heterocycles. The zero-order chi connectivity index (χ0) is 19.4. The Hall–Kier alpha value is -2.10. The quantitative estimate of drug-likeness (QED) is 0.663. The van der Waals surface area contributed by atoms with Crippen molar-refractivity contribution in [1.29, 1.82) is 0 Å². The number of likely N-dealkylation sites (N-methyl/N-ethyl adjacent to an activating group) is 1. The van der Waals surface area contributed by atoms with E-state index in [9.17, 15) is 19.2 Å². The molecule has 9 nitrogen and oxygen atoms in total. The Bertz CT molecular complexity index is 762. The van der Waals surface area contributed by atoms with Gasteiger partial charge in [-0.3, -0.25) is 18.7 Å². The number of halogens is 1. The van der Waals surface area contributed by atoms with Crippen molar-refractivity contribution in [3.05, 3.63) is 31.5 Å². The minimum Gasteiger partial charge on any atom is -0.444 e. The largest absolute Gasteiger partial charge is 0.444 e. The van der Waals surface area contributed by atoms with E-state index in [0.29, 0.717) is 0 Å². The van der Waals surface area contributed by atoms with Crippen molar-refractivity contribution in [2.75, 3.05) is 13.6 Å². The molecule has 0 aliphatic rings. The maximum Gasteiger partial charge on any atom is 0.410 e. The first-order chi connectivity index (χ1) is 11.4. The van der Waals surface area contributed by atoms with Gasteiger partial charge >= 0.3 is 17.8 Å². The standard InChI is InChI=1S/C15H22BrN3O6/c1-10(20)24-9-18-8-11(16)12(21)19(13(18)22)7-6-17(5)14(23)25-15(2,3)4/h8H,6-7,9H2,1-5H3. The molecule has 1 aromatic rings. The van der Waals surface area contributed by atoms with E-state index < -0.39 is 28.9 Å². The Morgan fingerprint density at radius 2 is 1.88 bits per heavy atom. The van der Waals surface area contributed by atoms with Gasteiger partial charge in [0.2, 0.25) is 0 Å². The van der Waals surface area contributed by atoms with Gasteiger partial charge in [-0.15, -0.1) is 0 Å². The molecule has 0 aromatic carbocycles. The lowest BCUT2D eigenvalue weighted by molar-refractivity contribution is -0.144. The highest BCUT2D eigenvalue weighted by atomic mass is 79.9. The molecule has 0 N–H and O–H groups in total. The van der Waals surface area contributed by atoms with Crippen molar-refractivity contribution in [2.45, 2.75) is 46.6 Å². The van der Waals surface area contributed by atoms with Gasteiger partial charge in [-0.25, -0.2) is 9.59 Å². The normalized spacial score (nSPS) is 11.1. The first kappa shape index (κ1) is 20.9. The van der Waals surface area contributed by atoms with Crippen LogP contribution in [0.4, 0.5) is 4.79 Å². The summed E-state index contributed by atoms with van der Waals surface area (Å²) in [6.45, 7) is 6.18. The molecule has 0 atom stereocenters. The fourth-order valence-electron chi connectivity index (χ4n) is 1.75. The number of hydrogen-bond donors (Lipinski definition) is 0.